The van der Waals surface area contributed by atoms with E-state index in [1.165, 1.54) is 0 Å². The number of benzene rings is 3. The van der Waals surface area contributed by atoms with Gasteiger partial charge in [0.25, 0.3) is 5.91 Å². The second-order valence-corrected chi connectivity index (χ2v) is 7.58. The van der Waals surface area contributed by atoms with Crippen LogP contribution in [0.15, 0.2) is 72.8 Å². The number of nitrogens with one attached hydrogen (secondary N) is 1. The van der Waals surface area contributed by atoms with Crippen LogP contribution in [0.4, 0.5) is 5.69 Å². The van der Waals surface area contributed by atoms with Crippen LogP contribution >= 0.6 is 0 Å². The van der Waals surface area contributed by atoms with Crippen molar-refractivity contribution in [2.24, 2.45) is 0 Å². The Morgan fingerprint density at radius 3 is 2.29 bits per heavy atom. The summed E-state index contributed by atoms with van der Waals surface area (Å²) in [5, 5.41) is 2.88. The molecule has 3 aromatic rings. The SMILES string of the molecule is COc1ccc(C(=O)Nc2ccccc2C(=O)c2ccccc2)cc1OC1CCCC1. The van der Waals surface area contributed by atoms with Crippen LogP contribution in [-0.2, 0) is 0 Å². The van der Waals surface area contributed by atoms with E-state index >= 15 is 0 Å². The van der Waals surface area contributed by atoms with Gasteiger partial charge in [0.2, 0.25) is 0 Å². The highest BCUT2D eigenvalue weighted by Crippen LogP contribution is 2.33. The maximum absolute atomic E-state index is 13.0. The van der Waals surface area contributed by atoms with Crippen LogP contribution in [0.1, 0.15) is 52.0 Å². The predicted molar refractivity (Wildman–Crippen MR) is 120 cm³/mol. The van der Waals surface area contributed by atoms with Crippen molar-refractivity contribution in [2.75, 3.05) is 12.4 Å². The molecule has 1 fully saturated rings. The fourth-order valence-corrected chi connectivity index (χ4v) is 3.83. The first-order chi connectivity index (χ1) is 15.2. The fraction of sp³-hybridized carbons (Fsp3) is 0.231. The van der Waals surface area contributed by atoms with Crippen LogP contribution in [0.3, 0.4) is 0 Å². The Kier molecular flexibility index (Phi) is 6.32. The molecule has 3 aromatic carbocycles. The largest absolute Gasteiger partial charge is 0.493 e. The third kappa shape index (κ3) is 4.77. The van der Waals surface area contributed by atoms with Crippen LogP contribution in [0.2, 0.25) is 0 Å². The molecule has 1 aliphatic rings. The van der Waals surface area contributed by atoms with Gasteiger partial charge in [-0.2, -0.15) is 0 Å². The molecule has 31 heavy (non-hydrogen) atoms. The van der Waals surface area contributed by atoms with Gasteiger partial charge in [0, 0.05) is 16.7 Å². The molecule has 1 saturated carbocycles. The second-order valence-electron chi connectivity index (χ2n) is 7.58. The molecule has 4 rings (SSSR count). The number of ether oxygens (including phenoxy) is 2. The molecule has 0 atom stereocenters. The first-order valence-electron chi connectivity index (χ1n) is 10.5. The van der Waals surface area contributed by atoms with E-state index in [0.717, 1.165) is 25.7 Å². The minimum atomic E-state index is -0.313. The number of ketones is 1. The average Bonchev–Trinajstić information content (AvgIpc) is 3.32. The van der Waals surface area contributed by atoms with E-state index in [1.807, 2.05) is 18.2 Å². The predicted octanol–water partition coefficient (Wildman–Crippen LogP) is 5.50. The zero-order valence-electron chi connectivity index (χ0n) is 17.5. The summed E-state index contributed by atoms with van der Waals surface area (Å²) in [7, 11) is 1.59. The summed E-state index contributed by atoms with van der Waals surface area (Å²) in [5.41, 5.74) is 1.92. The number of hydrogen-bond acceptors (Lipinski definition) is 4. The van der Waals surface area contributed by atoms with Crippen molar-refractivity contribution in [3.05, 3.63) is 89.5 Å². The number of carbonyl (C=O) groups is 2. The summed E-state index contributed by atoms with van der Waals surface area (Å²) in [6, 6.07) is 21.2. The van der Waals surface area contributed by atoms with Crippen molar-refractivity contribution in [1.82, 2.24) is 0 Å². The molecule has 0 saturated heterocycles. The lowest BCUT2D eigenvalue weighted by Gasteiger charge is -2.17. The van der Waals surface area contributed by atoms with Crippen molar-refractivity contribution >= 4 is 17.4 Å². The van der Waals surface area contributed by atoms with Gasteiger partial charge in [-0.05, 0) is 56.0 Å². The van der Waals surface area contributed by atoms with Crippen molar-refractivity contribution in [3.63, 3.8) is 0 Å². The zero-order valence-corrected chi connectivity index (χ0v) is 17.5. The summed E-state index contributed by atoms with van der Waals surface area (Å²) in [5.74, 6) is 0.711. The lowest BCUT2D eigenvalue weighted by Crippen LogP contribution is -2.16. The van der Waals surface area contributed by atoms with Crippen LogP contribution in [-0.4, -0.2) is 24.9 Å². The Morgan fingerprint density at radius 1 is 0.839 bits per heavy atom. The fourth-order valence-electron chi connectivity index (χ4n) is 3.83. The van der Waals surface area contributed by atoms with Crippen LogP contribution in [0, 0.1) is 0 Å². The van der Waals surface area contributed by atoms with E-state index in [-0.39, 0.29) is 17.8 Å². The van der Waals surface area contributed by atoms with Gasteiger partial charge in [-0.15, -0.1) is 0 Å². The molecule has 1 amide bonds. The molecular formula is C26H25NO4. The summed E-state index contributed by atoms with van der Waals surface area (Å²) in [4.78, 5) is 25.9. The molecule has 0 radical (unpaired) electrons. The van der Waals surface area contributed by atoms with Gasteiger partial charge >= 0.3 is 0 Å². The zero-order chi connectivity index (χ0) is 21.6. The molecule has 158 valence electrons. The molecule has 0 aliphatic heterocycles. The monoisotopic (exact) mass is 415 g/mol. The highest BCUT2D eigenvalue weighted by molar-refractivity contribution is 6.15. The molecule has 0 aromatic heterocycles. The number of amides is 1. The molecule has 0 heterocycles. The molecule has 5 nitrogen and oxygen atoms in total. The molecule has 1 N–H and O–H groups in total. The first kappa shape index (κ1) is 20.7. The topological polar surface area (TPSA) is 64.6 Å². The standard InChI is InChI=1S/C26H25NO4/c1-30-23-16-15-19(17-24(23)31-20-11-5-6-12-20)26(29)27-22-14-8-7-13-21(22)25(28)18-9-3-2-4-10-18/h2-4,7-10,13-17,20H,5-6,11-12H2,1H3,(H,27,29). The van der Waals surface area contributed by atoms with Gasteiger partial charge in [-0.1, -0.05) is 42.5 Å². The van der Waals surface area contributed by atoms with E-state index in [9.17, 15) is 9.59 Å². The number of methoxy groups -OCH3 is 1. The van der Waals surface area contributed by atoms with Gasteiger partial charge in [-0.25, -0.2) is 0 Å². The van der Waals surface area contributed by atoms with E-state index < -0.39 is 0 Å². The summed E-state index contributed by atoms with van der Waals surface area (Å²) < 4.78 is 11.5. The number of anilines is 1. The highest BCUT2D eigenvalue weighted by atomic mass is 16.5. The smallest absolute Gasteiger partial charge is 0.255 e. The van der Waals surface area contributed by atoms with Crippen molar-refractivity contribution < 1.29 is 19.1 Å². The quantitative estimate of drug-likeness (QED) is 0.518. The number of rotatable bonds is 7. The first-order valence-corrected chi connectivity index (χ1v) is 10.5. The number of hydrogen-bond donors (Lipinski definition) is 1. The van der Waals surface area contributed by atoms with Crippen LogP contribution < -0.4 is 14.8 Å². The summed E-state index contributed by atoms with van der Waals surface area (Å²) in [6.07, 6.45) is 4.47. The average molecular weight is 415 g/mol. The summed E-state index contributed by atoms with van der Waals surface area (Å²) >= 11 is 0. The Labute approximate surface area is 182 Å². The second kappa shape index (κ2) is 9.47. The third-order valence-corrected chi connectivity index (χ3v) is 5.48. The molecular weight excluding hydrogens is 390 g/mol. The van der Waals surface area contributed by atoms with Crippen molar-refractivity contribution in [2.45, 2.75) is 31.8 Å². The lowest BCUT2D eigenvalue weighted by atomic mass is 10.0. The molecule has 5 heteroatoms. The Balaban J connectivity index is 1.57. The maximum atomic E-state index is 13.0. The van der Waals surface area contributed by atoms with Crippen LogP contribution in [0.25, 0.3) is 0 Å². The normalized spacial score (nSPS) is 13.6. The van der Waals surface area contributed by atoms with E-state index in [4.69, 9.17) is 9.47 Å². The molecule has 0 spiro atoms. The van der Waals surface area contributed by atoms with Gasteiger partial charge < -0.3 is 14.8 Å². The van der Waals surface area contributed by atoms with Gasteiger partial charge in [0.15, 0.2) is 17.3 Å². The minimum absolute atomic E-state index is 0.142. The maximum Gasteiger partial charge on any atom is 0.255 e. The van der Waals surface area contributed by atoms with Gasteiger partial charge in [0.1, 0.15) is 0 Å². The number of carbonyl (C=O) groups excluding carboxylic acids is 2. The lowest BCUT2D eigenvalue weighted by molar-refractivity contribution is 0.102. The van der Waals surface area contributed by atoms with Crippen LogP contribution in [0.5, 0.6) is 11.5 Å². The minimum Gasteiger partial charge on any atom is -0.493 e. The van der Waals surface area contributed by atoms with E-state index in [0.29, 0.717) is 33.9 Å². The van der Waals surface area contributed by atoms with E-state index in [1.54, 1.807) is 61.7 Å². The van der Waals surface area contributed by atoms with E-state index in [2.05, 4.69) is 5.32 Å². The highest BCUT2D eigenvalue weighted by Gasteiger charge is 2.20. The molecule has 0 unspecified atom stereocenters. The molecule has 0 bridgehead atoms. The third-order valence-electron chi connectivity index (χ3n) is 5.48. The Hall–Kier alpha value is -3.60. The Bertz CT molecular complexity index is 1070. The number of para-hydroxylation sites is 1. The molecule has 1 aliphatic carbocycles. The van der Waals surface area contributed by atoms with Gasteiger partial charge in [-0.3, -0.25) is 9.59 Å². The summed E-state index contributed by atoms with van der Waals surface area (Å²) in [6.45, 7) is 0. The van der Waals surface area contributed by atoms with Gasteiger partial charge in [0.05, 0.1) is 18.9 Å². The van der Waals surface area contributed by atoms with Crippen molar-refractivity contribution in [3.8, 4) is 11.5 Å². The Morgan fingerprint density at radius 2 is 1.55 bits per heavy atom. The van der Waals surface area contributed by atoms with Crippen molar-refractivity contribution in [1.29, 1.82) is 0 Å².